The van der Waals surface area contributed by atoms with Gasteiger partial charge in [-0.05, 0) is 44.2 Å². The van der Waals surface area contributed by atoms with Crippen LogP contribution in [0.5, 0.6) is 5.75 Å². The van der Waals surface area contributed by atoms with E-state index in [-0.39, 0.29) is 40.3 Å². The summed E-state index contributed by atoms with van der Waals surface area (Å²) >= 11 is 0. The lowest BCUT2D eigenvalue weighted by Crippen LogP contribution is -2.46. The van der Waals surface area contributed by atoms with Gasteiger partial charge in [0.15, 0.2) is 28.8 Å². The highest BCUT2D eigenvalue weighted by atomic mass is 19.4. The van der Waals surface area contributed by atoms with E-state index in [1.165, 1.54) is 24.3 Å². The molecule has 4 heterocycles. The van der Waals surface area contributed by atoms with Gasteiger partial charge < -0.3 is 25.7 Å². The van der Waals surface area contributed by atoms with Gasteiger partial charge in [-0.25, -0.2) is 19.3 Å². The van der Waals surface area contributed by atoms with Crippen LogP contribution in [0.15, 0.2) is 36.5 Å². The Labute approximate surface area is 194 Å². The Balaban J connectivity index is 1.37. The maximum atomic E-state index is 14.4. The molecule has 0 saturated carbocycles. The van der Waals surface area contributed by atoms with Crippen LogP contribution in [0.1, 0.15) is 19.7 Å². The highest BCUT2D eigenvalue weighted by Crippen LogP contribution is 2.34. The molecule has 1 aromatic carbocycles. The number of amides is 1. The summed E-state index contributed by atoms with van der Waals surface area (Å²) in [6.07, 6.45) is -3.69. The van der Waals surface area contributed by atoms with Crippen LogP contribution in [-0.2, 0) is 11.0 Å². The first kappa shape index (κ1) is 22.3. The fraction of sp³-hybridized carbons (Fsp3) is 0.190. The van der Waals surface area contributed by atoms with E-state index in [1.54, 1.807) is 19.9 Å². The molecule has 0 radical (unpaired) electrons. The number of ether oxygens (including phenoxy) is 1. The predicted octanol–water partition coefficient (Wildman–Crippen LogP) is 4.50. The number of halogens is 4. The maximum Gasteiger partial charge on any atom is 0.449 e. The first-order valence-corrected chi connectivity index (χ1v) is 10.1. The number of carbonyl (C=O) groups excluding carboxylic acids is 1. The van der Waals surface area contributed by atoms with Crippen molar-refractivity contribution in [1.29, 1.82) is 0 Å². The van der Waals surface area contributed by atoms with Crippen LogP contribution in [0.2, 0.25) is 0 Å². The molecule has 0 saturated heterocycles. The summed E-state index contributed by atoms with van der Waals surface area (Å²) in [6.45, 7) is 3.22. The van der Waals surface area contributed by atoms with Gasteiger partial charge in [0.2, 0.25) is 11.8 Å². The van der Waals surface area contributed by atoms with Crippen molar-refractivity contribution in [3.05, 3.63) is 48.2 Å². The molecule has 0 atom stereocenters. The number of alkyl halides is 3. The second kappa shape index (κ2) is 7.78. The zero-order valence-corrected chi connectivity index (χ0v) is 18.1. The van der Waals surface area contributed by atoms with Gasteiger partial charge in [0.05, 0.1) is 17.2 Å². The largest absolute Gasteiger partial charge is 0.474 e. The molecule has 1 aliphatic rings. The minimum Gasteiger partial charge on any atom is -0.474 e. The molecule has 0 aliphatic carbocycles. The molecule has 0 fully saturated rings. The van der Waals surface area contributed by atoms with Crippen molar-refractivity contribution >= 4 is 46.0 Å². The van der Waals surface area contributed by atoms with Gasteiger partial charge in [-0.15, -0.1) is 0 Å². The number of aromatic nitrogens is 5. The molecule has 1 aliphatic heterocycles. The number of hydrogen-bond donors (Lipinski definition) is 4. The smallest absolute Gasteiger partial charge is 0.449 e. The number of nitrogens with zero attached hydrogens (tertiary/aromatic N) is 4. The van der Waals surface area contributed by atoms with E-state index in [0.717, 1.165) is 6.20 Å². The molecule has 14 heteroatoms. The van der Waals surface area contributed by atoms with E-state index in [0.29, 0.717) is 11.4 Å². The summed E-state index contributed by atoms with van der Waals surface area (Å²) in [7, 11) is 0. The number of H-pyrrole nitrogens is 1. The van der Waals surface area contributed by atoms with Gasteiger partial charge in [0.25, 0.3) is 5.91 Å². The van der Waals surface area contributed by atoms with Crippen molar-refractivity contribution in [1.82, 2.24) is 24.9 Å². The van der Waals surface area contributed by atoms with E-state index >= 15 is 0 Å². The van der Waals surface area contributed by atoms with Crippen molar-refractivity contribution < 1.29 is 27.1 Å². The molecule has 35 heavy (non-hydrogen) atoms. The summed E-state index contributed by atoms with van der Waals surface area (Å²) in [5.41, 5.74) is -0.447. The van der Waals surface area contributed by atoms with Crippen LogP contribution >= 0.6 is 0 Å². The molecule has 0 spiro atoms. The van der Waals surface area contributed by atoms with E-state index in [4.69, 9.17) is 4.74 Å². The van der Waals surface area contributed by atoms with Gasteiger partial charge >= 0.3 is 6.18 Å². The Bertz CT molecular complexity index is 1470. The Kier molecular flexibility index (Phi) is 4.96. The summed E-state index contributed by atoms with van der Waals surface area (Å²) in [5.74, 6) is -1.84. The molecule has 1 amide bonds. The van der Waals surface area contributed by atoms with Crippen LogP contribution in [0.4, 0.5) is 46.7 Å². The van der Waals surface area contributed by atoms with Crippen molar-refractivity contribution in [2.75, 3.05) is 16.0 Å². The van der Waals surface area contributed by atoms with Gasteiger partial charge in [-0.1, -0.05) is 0 Å². The number of carbonyl (C=O) groups is 1. The normalized spacial score (nSPS) is 14.7. The third kappa shape index (κ3) is 4.37. The number of hydrogen-bond acceptors (Lipinski definition) is 8. The molecular weight excluding hydrogens is 472 g/mol. The van der Waals surface area contributed by atoms with Gasteiger partial charge in [0.1, 0.15) is 5.82 Å². The quantitative estimate of drug-likeness (QED) is 0.309. The third-order valence-corrected chi connectivity index (χ3v) is 5.00. The summed E-state index contributed by atoms with van der Waals surface area (Å²) in [5, 5.41) is 8.14. The van der Waals surface area contributed by atoms with Crippen molar-refractivity contribution in [2.24, 2.45) is 0 Å². The lowest BCUT2D eigenvalue weighted by atomic mass is 10.1. The standard InChI is InChI=1S/C21H16F4N8O2/c1-20(2)18(34)32-16-13(35-20)5-6-14(31-16)30-15-10(22)8-26-19(33-15)27-9-3-4-11-12(7-9)29-17(28-11)21(23,24)25/h3-8H,1-2H3,(H,28,29)(H3,26,27,30,31,32,33,34). The number of anilines is 5. The minimum absolute atomic E-state index is 0.0313. The first-order valence-electron chi connectivity index (χ1n) is 10.1. The molecule has 3 aromatic heterocycles. The topological polar surface area (TPSA) is 130 Å². The zero-order chi connectivity index (χ0) is 25.0. The first-order chi connectivity index (χ1) is 16.5. The fourth-order valence-electron chi connectivity index (χ4n) is 3.25. The lowest BCUT2D eigenvalue weighted by molar-refractivity contribution is -0.144. The second-order valence-electron chi connectivity index (χ2n) is 8.06. The lowest BCUT2D eigenvalue weighted by Gasteiger charge is -2.30. The van der Waals surface area contributed by atoms with Crippen LogP contribution in [0.3, 0.4) is 0 Å². The Morgan fingerprint density at radius 3 is 2.63 bits per heavy atom. The van der Waals surface area contributed by atoms with Gasteiger partial charge in [-0.2, -0.15) is 18.2 Å². The Hall–Kier alpha value is -4.49. The molecule has 180 valence electrons. The molecule has 5 rings (SSSR count). The Morgan fingerprint density at radius 2 is 1.86 bits per heavy atom. The summed E-state index contributed by atoms with van der Waals surface area (Å²) < 4.78 is 58.6. The van der Waals surface area contributed by atoms with Crippen molar-refractivity contribution in [3.8, 4) is 5.75 Å². The third-order valence-electron chi connectivity index (χ3n) is 5.00. The fourth-order valence-corrected chi connectivity index (χ4v) is 3.25. The number of benzene rings is 1. The SMILES string of the molecule is CC1(C)Oc2ccc(Nc3nc(Nc4ccc5[nH]c(C(F)(F)F)nc5c4)ncc3F)nc2NC1=O. The number of rotatable bonds is 4. The Morgan fingerprint density at radius 1 is 1.06 bits per heavy atom. The highest BCUT2D eigenvalue weighted by Gasteiger charge is 2.36. The highest BCUT2D eigenvalue weighted by molar-refractivity contribution is 5.99. The number of fused-ring (bicyclic) bond motifs is 2. The zero-order valence-electron chi connectivity index (χ0n) is 18.1. The monoisotopic (exact) mass is 488 g/mol. The van der Waals surface area contributed by atoms with E-state index in [1.807, 2.05) is 0 Å². The number of imidazole rings is 1. The predicted molar refractivity (Wildman–Crippen MR) is 117 cm³/mol. The van der Waals surface area contributed by atoms with E-state index < -0.39 is 23.4 Å². The van der Waals surface area contributed by atoms with Crippen LogP contribution < -0.4 is 20.7 Å². The second-order valence-corrected chi connectivity index (χ2v) is 8.06. The summed E-state index contributed by atoms with van der Waals surface area (Å²) in [6, 6.07) is 7.37. The maximum absolute atomic E-state index is 14.4. The average molecular weight is 488 g/mol. The van der Waals surface area contributed by atoms with Gasteiger partial charge in [-0.3, -0.25) is 4.79 Å². The van der Waals surface area contributed by atoms with Crippen LogP contribution in [0, 0.1) is 5.82 Å². The van der Waals surface area contributed by atoms with Crippen LogP contribution in [0.25, 0.3) is 11.0 Å². The summed E-state index contributed by atoms with van der Waals surface area (Å²) in [4.78, 5) is 30.0. The van der Waals surface area contributed by atoms with Crippen molar-refractivity contribution in [3.63, 3.8) is 0 Å². The minimum atomic E-state index is -4.61. The van der Waals surface area contributed by atoms with E-state index in [2.05, 4.69) is 40.9 Å². The molecule has 4 aromatic rings. The number of pyridine rings is 1. The molecule has 0 bridgehead atoms. The van der Waals surface area contributed by atoms with Crippen molar-refractivity contribution in [2.45, 2.75) is 25.6 Å². The average Bonchev–Trinajstić information content (AvgIpc) is 3.21. The molecular formula is C21H16F4N8O2. The molecule has 10 nitrogen and oxygen atoms in total. The number of aromatic amines is 1. The van der Waals surface area contributed by atoms with Gasteiger partial charge in [0, 0.05) is 5.69 Å². The van der Waals surface area contributed by atoms with Crippen LogP contribution in [-0.4, -0.2) is 36.4 Å². The number of nitrogens with one attached hydrogen (secondary N) is 4. The van der Waals surface area contributed by atoms with E-state index in [9.17, 15) is 22.4 Å². The molecule has 0 unspecified atom stereocenters. The molecule has 4 N–H and O–H groups in total.